The van der Waals surface area contributed by atoms with Crippen molar-refractivity contribution >= 4 is 11.6 Å². The molecule has 1 heterocycles. The fourth-order valence-electron chi connectivity index (χ4n) is 4.10. The van der Waals surface area contributed by atoms with Crippen LogP contribution in [-0.4, -0.2) is 46.7 Å². The van der Waals surface area contributed by atoms with Crippen molar-refractivity contribution in [3.63, 3.8) is 0 Å². The smallest absolute Gasteiger partial charge is 0.243 e. The van der Waals surface area contributed by atoms with Gasteiger partial charge in [-0.2, -0.15) is 0 Å². The number of amides is 1. The minimum absolute atomic E-state index is 0.232. The summed E-state index contributed by atoms with van der Waals surface area (Å²) in [5.74, 6) is -0.285. The second-order valence-corrected chi connectivity index (χ2v) is 7.39. The predicted molar refractivity (Wildman–Crippen MR) is 95.8 cm³/mol. The number of primary amides is 1. The Morgan fingerprint density at radius 1 is 1.21 bits per heavy atom. The molecule has 1 aromatic carbocycles. The van der Waals surface area contributed by atoms with Crippen molar-refractivity contribution in [2.24, 2.45) is 5.73 Å². The van der Waals surface area contributed by atoms with Crippen LogP contribution in [0.15, 0.2) is 24.3 Å². The van der Waals surface area contributed by atoms with Gasteiger partial charge in [-0.25, -0.2) is 0 Å². The molecule has 5 nitrogen and oxygen atoms in total. The fraction of sp³-hybridized carbons (Fsp3) is 0.632. The van der Waals surface area contributed by atoms with E-state index in [0.717, 1.165) is 38.0 Å². The summed E-state index contributed by atoms with van der Waals surface area (Å²) >= 11 is 0. The van der Waals surface area contributed by atoms with Gasteiger partial charge in [-0.1, -0.05) is 30.5 Å². The molecule has 1 aromatic rings. The van der Waals surface area contributed by atoms with Gasteiger partial charge in [0.25, 0.3) is 0 Å². The number of nitrogens with one attached hydrogen (secondary N) is 1. The number of carbonyl (C=O) groups excluding carboxylic acids is 1. The Balaban J connectivity index is 1.67. The molecule has 132 valence electrons. The summed E-state index contributed by atoms with van der Waals surface area (Å²) in [6.07, 6.45) is 5.37. The minimum Gasteiger partial charge on any atom is -0.391 e. The van der Waals surface area contributed by atoms with Crippen LogP contribution in [0.4, 0.5) is 5.69 Å². The Hall–Kier alpha value is -1.59. The summed E-state index contributed by atoms with van der Waals surface area (Å²) < 4.78 is 0. The number of hydrogen-bond donors (Lipinski definition) is 3. The second-order valence-electron chi connectivity index (χ2n) is 7.39. The average molecular weight is 331 g/mol. The molecule has 0 spiro atoms. The highest BCUT2D eigenvalue weighted by atomic mass is 16.3. The number of hydrogen-bond acceptors (Lipinski definition) is 4. The zero-order chi connectivity index (χ0) is 17.2. The Kier molecular flexibility index (Phi) is 5.11. The molecule has 4 N–H and O–H groups in total. The number of anilines is 1. The number of piperidine rings is 1. The first-order valence-electron chi connectivity index (χ1n) is 9.07. The summed E-state index contributed by atoms with van der Waals surface area (Å²) in [4.78, 5) is 14.5. The van der Waals surface area contributed by atoms with E-state index in [1.807, 2.05) is 31.2 Å². The zero-order valence-electron chi connectivity index (χ0n) is 14.5. The highest BCUT2D eigenvalue weighted by Gasteiger charge is 2.42. The Labute approximate surface area is 144 Å². The third kappa shape index (κ3) is 3.57. The quantitative estimate of drug-likeness (QED) is 0.789. The van der Waals surface area contributed by atoms with Crippen LogP contribution in [0.5, 0.6) is 0 Å². The molecule has 1 aliphatic heterocycles. The van der Waals surface area contributed by atoms with Crippen molar-refractivity contribution in [1.29, 1.82) is 0 Å². The molecule has 0 aromatic heterocycles. The first kappa shape index (κ1) is 17.2. The summed E-state index contributed by atoms with van der Waals surface area (Å²) in [5.41, 5.74) is 7.20. The summed E-state index contributed by atoms with van der Waals surface area (Å²) in [6, 6.07) is 8.30. The first-order valence-corrected chi connectivity index (χ1v) is 9.07. The topological polar surface area (TPSA) is 78.6 Å². The lowest BCUT2D eigenvalue weighted by molar-refractivity contribution is -0.124. The van der Waals surface area contributed by atoms with E-state index in [1.54, 1.807) is 0 Å². The third-order valence-corrected chi connectivity index (χ3v) is 5.72. The van der Waals surface area contributed by atoms with Gasteiger partial charge in [0.2, 0.25) is 5.91 Å². The minimum atomic E-state index is -0.689. The van der Waals surface area contributed by atoms with Gasteiger partial charge >= 0.3 is 0 Å². The number of aliphatic hydroxyl groups is 1. The lowest BCUT2D eigenvalue weighted by Gasteiger charge is -2.45. The van der Waals surface area contributed by atoms with Crippen molar-refractivity contribution in [2.75, 3.05) is 18.4 Å². The van der Waals surface area contributed by atoms with Crippen LogP contribution >= 0.6 is 0 Å². The van der Waals surface area contributed by atoms with Gasteiger partial charge in [-0.15, -0.1) is 0 Å². The standard InChI is InChI=1S/C19H29N3O2/c1-14-6-8-15(9-7-14)21-19(18(20)24)10-12-22(13-11-19)16-4-2-3-5-17(16)23/h6-9,16-17,21,23H,2-5,10-13H2,1H3,(H2,20,24)/t16-,17-/m0/s1. The molecular formula is C19H29N3O2. The number of carbonyl (C=O) groups is 1. The molecule has 3 rings (SSSR count). The highest BCUT2D eigenvalue weighted by molar-refractivity contribution is 5.88. The maximum atomic E-state index is 12.2. The SMILES string of the molecule is Cc1ccc(NC2(C(N)=O)CCN([C@H]3CCCC[C@@H]3O)CC2)cc1. The molecule has 1 amide bonds. The van der Waals surface area contributed by atoms with E-state index in [2.05, 4.69) is 10.2 Å². The molecule has 0 radical (unpaired) electrons. The molecule has 5 heteroatoms. The van der Waals surface area contributed by atoms with Crippen molar-refractivity contribution < 1.29 is 9.90 Å². The lowest BCUT2D eigenvalue weighted by Crippen LogP contribution is -2.59. The molecule has 2 aliphatic rings. The lowest BCUT2D eigenvalue weighted by atomic mass is 9.83. The van der Waals surface area contributed by atoms with Gasteiger partial charge in [0.1, 0.15) is 5.54 Å². The Morgan fingerprint density at radius 2 is 1.83 bits per heavy atom. The van der Waals surface area contributed by atoms with E-state index in [4.69, 9.17) is 5.73 Å². The Bertz CT molecular complexity index is 564. The molecule has 2 fully saturated rings. The number of nitrogens with two attached hydrogens (primary N) is 1. The number of likely N-dealkylation sites (tertiary alicyclic amines) is 1. The number of rotatable bonds is 4. The number of aryl methyl sites for hydroxylation is 1. The van der Waals surface area contributed by atoms with E-state index in [1.165, 1.54) is 12.0 Å². The van der Waals surface area contributed by atoms with Gasteiger partial charge < -0.3 is 16.2 Å². The molecule has 2 atom stereocenters. The maximum Gasteiger partial charge on any atom is 0.243 e. The highest BCUT2D eigenvalue weighted by Crippen LogP contribution is 2.31. The average Bonchev–Trinajstić information content (AvgIpc) is 2.58. The maximum absolute atomic E-state index is 12.2. The summed E-state index contributed by atoms with van der Waals surface area (Å²) in [5, 5.41) is 13.7. The first-order chi connectivity index (χ1) is 11.5. The third-order valence-electron chi connectivity index (χ3n) is 5.72. The van der Waals surface area contributed by atoms with Crippen LogP contribution in [0.1, 0.15) is 44.1 Å². The molecule has 1 saturated heterocycles. The van der Waals surface area contributed by atoms with Gasteiger partial charge in [0.05, 0.1) is 6.10 Å². The van der Waals surface area contributed by atoms with Gasteiger partial charge in [0, 0.05) is 24.8 Å². The van der Waals surface area contributed by atoms with E-state index in [0.29, 0.717) is 12.8 Å². The van der Waals surface area contributed by atoms with E-state index in [9.17, 15) is 9.90 Å². The van der Waals surface area contributed by atoms with Gasteiger partial charge in [-0.05, 0) is 44.7 Å². The van der Waals surface area contributed by atoms with Crippen molar-refractivity contribution in [1.82, 2.24) is 4.90 Å². The van der Waals surface area contributed by atoms with Crippen LogP contribution in [0, 0.1) is 6.92 Å². The fourth-order valence-corrected chi connectivity index (χ4v) is 4.10. The molecular weight excluding hydrogens is 302 g/mol. The number of nitrogens with zero attached hydrogens (tertiary/aromatic N) is 1. The monoisotopic (exact) mass is 331 g/mol. The summed E-state index contributed by atoms with van der Waals surface area (Å²) in [6.45, 7) is 3.63. The van der Waals surface area contributed by atoms with E-state index in [-0.39, 0.29) is 18.1 Å². The largest absolute Gasteiger partial charge is 0.391 e. The van der Waals surface area contributed by atoms with E-state index >= 15 is 0 Å². The van der Waals surface area contributed by atoms with Crippen LogP contribution in [-0.2, 0) is 4.79 Å². The molecule has 24 heavy (non-hydrogen) atoms. The van der Waals surface area contributed by atoms with Crippen molar-refractivity contribution in [2.45, 2.75) is 63.1 Å². The number of benzene rings is 1. The van der Waals surface area contributed by atoms with E-state index < -0.39 is 5.54 Å². The summed E-state index contributed by atoms with van der Waals surface area (Å²) in [7, 11) is 0. The molecule has 1 aliphatic carbocycles. The van der Waals surface area contributed by atoms with Crippen molar-refractivity contribution in [3.05, 3.63) is 29.8 Å². The zero-order valence-corrected chi connectivity index (χ0v) is 14.5. The van der Waals surface area contributed by atoms with Gasteiger partial charge in [0.15, 0.2) is 0 Å². The molecule has 1 saturated carbocycles. The predicted octanol–water partition coefficient (Wildman–Crippen LogP) is 2.03. The van der Waals surface area contributed by atoms with Crippen LogP contribution in [0.25, 0.3) is 0 Å². The second kappa shape index (κ2) is 7.11. The van der Waals surface area contributed by atoms with Crippen LogP contribution in [0.3, 0.4) is 0 Å². The Morgan fingerprint density at radius 3 is 2.42 bits per heavy atom. The molecule has 0 bridgehead atoms. The normalized spacial score (nSPS) is 27.6. The van der Waals surface area contributed by atoms with Crippen LogP contribution < -0.4 is 11.1 Å². The molecule has 0 unspecified atom stereocenters. The van der Waals surface area contributed by atoms with Crippen LogP contribution in [0.2, 0.25) is 0 Å². The van der Waals surface area contributed by atoms with Gasteiger partial charge in [-0.3, -0.25) is 9.69 Å². The number of aliphatic hydroxyl groups excluding tert-OH is 1. The van der Waals surface area contributed by atoms with Crippen molar-refractivity contribution in [3.8, 4) is 0 Å².